The molecule has 12 heteroatoms. The molecule has 12 nitrogen and oxygen atoms in total. The van der Waals surface area contributed by atoms with Crippen molar-refractivity contribution >= 4 is 28.5 Å². The quantitative estimate of drug-likeness (QED) is 0.290. The summed E-state index contributed by atoms with van der Waals surface area (Å²) in [4.78, 5) is 39.2. The van der Waals surface area contributed by atoms with Gasteiger partial charge in [0.15, 0.2) is 11.5 Å². The molecular weight excluding hydrogens is 582 g/mol. The van der Waals surface area contributed by atoms with Gasteiger partial charge in [-0.1, -0.05) is 18.2 Å². The highest BCUT2D eigenvalue weighted by Gasteiger charge is 2.26. The lowest BCUT2D eigenvalue weighted by atomic mass is 9.97. The molecule has 1 aromatic carbocycles. The first-order valence-electron chi connectivity index (χ1n) is 15.5. The maximum absolute atomic E-state index is 12.1. The maximum atomic E-state index is 12.1. The van der Waals surface area contributed by atoms with Gasteiger partial charge in [-0.15, -0.1) is 10.2 Å². The van der Waals surface area contributed by atoms with Gasteiger partial charge in [0.1, 0.15) is 0 Å². The standard InChI is InChI=1S/C34H35N9O3/c1-22(44)43-13-11-31-28(21-43)33(39-40(31)2)26-5-3-4-23-18-30(36-20-27(23)26)24-6-7-25(35-19-24)10-12-41-14-16-42(17-15-41)32-9-8-29(34(45)46)37-38-32/h3-9,18-20H,10-17,21H2,1-2H3,(H,45,46). The highest BCUT2D eigenvalue weighted by molar-refractivity contribution is 5.97. The number of pyridine rings is 2. The molecule has 1 fully saturated rings. The first-order valence-corrected chi connectivity index (χ1v) is 15.5. The molecule has 5 aromatic rings. The van der Waals surface area contributed by atoms with Gasteiger partial charge in [0.2, 0.25) is 5.91 Å². The molecule has 0 spiro atoms. The van der Waals surface area contributed by atoms with Crippen molar-refractivity contribution in [1.82, 2.24) is 39.7 Å². The second kappa shape index (κ2) is 12.3. The zero-order valence-electron chi connectivity index (χ0n) is 25.9. The van der Waals surface area contributed by atoms with Gasteiger partial charge in [0.05, 0.1) is 11.4 Å². The van der Waals surface area contributed by atoms with E-state index in [1.807, 2.05) is 29.0 Å². The summed E-state index contributed by atoms with van der Waals surface area (Å²) in [6, 6.07) is 15.7. The summed E-state index contributed by atoms with van der Waals surface area (Å²) >= 11 is 0. The summed E-state index contributed by atoms with van der Waals surface area (Å²) < 4.78 is 1.95. The Morgan fingerprint density at radius 3 is 2.50 bits per heavy atom. The van der Waals surface area contributed by atoms with Gasteiger partial charge >= 0.3 is 5.97 Å². The number of aromatic nitrogens is 6. The Bertz CT molecular complexity index is 1910. The van der Waals surface area contributed by atoms with Crippen LogP contribution < -0.4 is 4.90 Å². The number of carboxylic acids is 1. The van der Waals surface area contributed by atoms with Crippen LogP contribution in [0.15, 0.2) is 60.9 Å². The van der Waals surface area contributed by atoms with Crippen LogP contribution in [0.1, 0.15) is 34.4 Å². The van der Waals surface area contributed by atoms with Crippen LogP contribution in [0.25, 0.3) is 33.3 Å². The fraction of sp³-hybridized carbons (Fsp3) is 0.324. The molecular formula is C34H35N9O3. The summed E-state index contributed by atoms with van der Waals surface area (Å²) in [5.41, 5.74) is 7.05. The second-order valence-corrected chi connectivity index (χ2v) is 11.9. The lowest BCUT2D eigenvalue weighted by Crippen LogP contribution is -2.47. The molecule has 1 saturated heterocycles. The van der Waals surface area contributed by atoms with Crippen molar-refractivity contribution in [3.63, 3.8) is 0 Å². The van der Waals surface area contributed by atoms with Crippen LogP contribution >= 0.6 is 0 Å². The summed E-state index contributed by atoms with van der Waals surface area (Å²) in [5, 5.41) is 23.9. The number of rotatable bonds is 7. The van der Waals surface area contributed by atoms with Crippen molar-refractivity contribution < 1.29 is 14.7 Å². The Morgan fingerprint density at radius 2 is 1.78 bits per heavy atom. The van der Waals surface area contributed by atoms with E-state index in [2.05, 4.69) is 56.4 Å². The first-order chi connectivity index (χ1) is 22.3. The van der Waals surface area contributed by atoms with E-state index < -0.39 is 5.97 Å². The molecule has 0 radical (unpaired) electrons. The number of carbonyl (C=O) groups is 2. The Morgan fingerprint density at radius 1 is 0.935 bits per heavy atom. The molecule has 2 aliphatic rings. The number of fused-ring (bicyclic) bond motifs is 2. The average Bonchev–Trinajstić information content (AvgIpc) is 3.42. The summed E-state index contributed by atoms with van der Waals surface area (Å²) in [6.07, 6.45) is 5.47. The number of amides is 1. The van der Waals surface area contributed by atoms with E-state index in [4.69, 9.17) is 20.2 Å². The number of aromatic carboxylic acids is 1. The molecule has 6 heterocycles. The molecule has 7 rings (SSSR count). The fourth-order valence-electron chi connectivity index (χ4n) is 6.42. The molecule has 1 N–H and O–H groups in total. The molecule has 0 saturated carbocycles. The Kier molecular flexibility index (Phi) is 7.87. The fourth-order valence-corrected chi connectivity index (χ4v) is 6.42. The minimum Gasteiger partial charge on any atom is -0.476 e. The van der Waals surface area contributed by atoms with Crippen molar-refractivity contribution in [2.24, 2.45) is 7.05 Å². The lowest BCUT2D eigenvalue weighted by molar-refractivity contribution is -0.129. The maximum Gasteiger partial charge on any atom is 0.356 e. The third kappa shape index (κ3) is 5.79. The monoisotopic (exact) mass is 617 g/mol. The molecule has 4 aromatic heterocycles. The van der Waals surface area contributed by atoms with Crippen molar-refractivity contribution in [2.75, 3.05) is 44.2 Å². The Hall–Kier alpha value is -5.23. The van der Waals surface area contributed by atoms with Gasteiger partial charge in [-0.25, -0.2) is 4.79 Å². The molecule has 0 aliphatic carbocycles. The number of carbonyl (C=O) groups excluding carboxylic acids is 1. The topological polar surface area (TPSA) is 133 Å². The van der Waals surface area contributed by atoms with Gasteiger partial charge in [0.25, 0.3) is 0 Å². The molecule has 46 heavy (non-hydrogen) atoms. The minimum atomic E-state index is -1.07. The van der Waals surface area contributed by atoms with Crippen LogP contribution in [-0.2, 0) is 31.2 Å². The van der Waals surface area contributed by atoms with E-state index in [1.165, 1.54) is 11.8 Å². The van der Waals surface area contributed by atoms with E-state index in [9.17, 15) is 9.59 Å². The molecule has 0 atom stereocenters. The summed E-state index contributed by atoms with van der Waals surface area (Å²) in [7, 11) is 1.98. The minimum absolute atomic E-state index is 0.0471. The van der Waals surface area contributed by atoms with Gasteiger partial charge in [-0.05, 0) is 35.7 Å². The number of carboxylic acid groups (broad SMARTS) is 1. The number of hydrogen-bond acceptors (Lipinski definition) is 9. The Labute approximate surface area is 266 Å². The van der Waals surface area contributed by atoms with Crippen molar-refractivity contribution in [3.05, 3.63) is 83.6 Å². The third-order valence-corrected chi connectivity index (χ3v) is 9.08. The predicted molar refractivity (Wildman–Crippen MR) is 173 cm³/mol. The van der Waals surface area contributed by atoms with Crippen molar-refractivity contribution in [3.8, 4) is 22.5 Å². The van der Waals surface area contributed by atoms with Gasteiger partial charge < -0.3 is 14.9 Å². The summed E-state index contributed by atoms with van der Waals surface area (Å²) in [6.45, 7) is 7.21. The number of nitrogens with zero attached hydrogens (tertiary/aromatic N) is 9. The SMILES string of the molecule is CC(=O)N1CCc2c(c(-c3cccc4cc(-c5ccc(CCN6CCN(c7ccc(C(=O)O)nn7)CC6)nc5)ncc34)nn2C)C1. The van der Waals surface area contributed by atoms with Crippen LogP contribution in [0.2, 0.25) is 0 Å². The third-order valence-electron chi connectivity index (χ3n) is 9.08. The van der Waals surface area contributed by atoms with Crippen LogP contribution in [0.4, 0.5) is 5.82 Å². The highest BCUT2D eigenvalue weighted by atomic mass is 16.4. The number of hydrogen-bond donors (Lipinski definition) is 1. The lowest BCUT2D eigenvalue weighted by Gasteiger charge is -2.35. The average molecular weight is 618 g/mol. The van der Waals surface area contributed by atoms with Gasteiger partial charge in [0, 0.05) is 118 Å². The number of anilines is 1. The first kappa shape index (κ1) is 29.5. The van der Waals surface area contributed by atoms with Crippen LogP contribution in [0, 0.1) is 0 Å². The van der Waals surface area contributed by atoms with E-state index in [1.54, 1.807) is 13.0 Å². The zero-order chi connectivity index (χ0) is 31.8. The summed E-state index contributed by atoms with van der Waals surface area (Å²) in [5.74, 6) is -0.282. The second-order valence-electron chi connectivity index (χ2n) is 11.9. The van der Waals surface area contributed by atoms with Crippen LogP contribution in [0.3, 0.4) is 0 Å². The largest absolute Gasteiger partial charge is 0.476 e. The van der Waals surface area contributed by atoms with E-state index in [0.717, 1.165) is 96.7 Å². The van der Waals surface area contributed by atoms with Crippen LogP contribution in [0.5, 0.6) is 0 Å². The molecule has 2 aliphatic heterocycles. The van der Waals surface area contributed by atoms with Crippen molar-refractivity contribution in [2.45, 2.75) is 26.3 Å². The number of aryl methyl sites for hydroxylation is 1. The normalized spacial score (nSPS) is 15.3. The van der Waals surface area contributed by atoms with Gasteiger partial charge in [-0.2, -0.15) is 5.10 Å². The number of benzene rings is 1. The van der Waals surface area contributed by atoms with E-state index >= 15 is 0 Å². The predicted octanol–water partition coefficient (Wildman–Crippen LogP) is 3.45. The molecule has 234 valence electrons. The van der Waals surface area contributed by atoms with E-state index in [-0.39, 0.29) is 11.6 Å². The van der Waals surface area contributed by atoms with Gasteiger partial charge in [-0.3, -0.25) is 24.3 Å². The number of piperazine rings is 1. The Balaban J connectivity index is 1.00. The molecule has 0 unspecified atom stereocenters. The molecule has 0 bridgehead atoms. The van der Waals surface area contributed by atoms with Crippen molar-refractivity contribution in [1.29, 1.82) is 0 Å². The highest BCUT2D eigenvalue weighted by Crippen LogP contribution is 2.35. The molecule has 1 amide bonds. The smallest absolute Gasteiger partial charge is 0.356 e. The van der Waals surface area contributed by atoms with Crippen LogP contribution in [-0.4, -0.2) is 96.0 Å². The zero-order valence-corrected chi connectivity index (χ0v) is 25.9. The van der Waals surface area contributed by atoms with E-state index in [0.29, 0.717) is 12.4 Å².